The van der Waals surface area contributed by atoms with Crippen LogP contribution in [0.25, 0.3) is 0 Å². The normalized spacial score (nSPS) is 15.7. The molecule has 1 amide bonds. The number of benzene rings is 2. The maximum absolute atomic E-state index is 12.7. The number of non-ortho nitro benzene ring substituents is 1. The Morgan fingerprint density at radius 2 is 1.85 bits per heavy atom. The molecule has 1 aliphatic heterocycles. The number of hydrogen-bond donors (Lipinski definition) is 1. The van der Waals surface area contributed by atoms with Gasteiger partial charge in [-0.1, -0.05) is 25.1 Å². The van der Waals surface area contributed by atoms with E-state index in [0.717, 1.165) is 46.9 Å². The summed E-state index contributed by atoms with van der Waals surface area (Å²) >= 11 is 0. The first-order valence-corrected chi connectivity index (χ1v) is 12.8. The molecule has 1 N–H and O–H groups in total. The predicted molar refractivity (Wildman–Crippen MR) is 129 cm³/mol. The van der Waals surface area contributed by atoms with Crippen LogP contribution in [-0.4, -0.2) is 45.1 Å². The molecule has 0 spiro atoms. The van der Waals surface area contributed by atoms with Crippen molar-refractivity contribution in [2.24, 2.45) is 5.92 Å². The highest BCUT2D eigenvalue weighted by atomic mass is 32.2. The number of nitrogens with one attached hydrogen (secondary N) is 1. The Hall–Kier alpha value is -3.14. The third-order valence-electron chi connectivity index (χ3n) is 5.94. The Morgan fingerprint density at radius 3 is 2.42 bits per heavy atom. The standard InChI is InChI=1S/C23H30N4O5S/c1-17-11-13-25(14-12-17)20-9-7-19(8-10-20)18(2)24-23(28)16-26(33(3,31)32)21-5-4-6-22(15-21)27(29)30/h4-10,15,17-18H,11-14,16H2,1-3H3,(H,24,28). The molecule has 33 heavy (non-hydrogen) atoms. The molecule has 1 unspecified atom stereocenters. The number of hydrogen-bond acceptors (Lipinski definition) is 6. The minimum absolute atomic E-state index is 0.0645. The third-order valence-corrected chi connectivity index (χ3v) is 7.08. The zero-order valence-electron chi connectivity index (χ0n) is 19.1. The van der Waals surface area contributed by atoms with Crippen LogP contribution in [0.2, 0.25) is 0 Å². The number of nitrogens with zero attached hydrogens (tertiary/aromatic N) is 3. The van der Waals surface area contributed by atoms with E-state index in [1.165, 1.54) is 31.0 Å². The highest BCUT2D eigenvalue weighted by Crippen LogP contribution is 2.25. The van der Waals surface area contributed by atoms with Crippen LogP contribution in [0.4, 0.5) is 17.1 Å². The van der Waals surface area contributed by atoms with E-state index >= 15 is 0 Å². The number of nitro benzene ring substituents is 1. The molecule has 0 aromatic heterocycles. The summed E-state index contributed by atoms with van der Waals surface area (Å²) in [5.74, 6) is 0.248. The maximum Gasteiger partial charge on any atom is 0.271 e. The van der Waals surface area contributed by atoms with Crippen LogP contribution < -0.4 is 14.5 Å². The van der Waals surface area contributed by atoms with Gasteiger partial charge in [-0.25, -0.2) is 8.42 Å². The van der Waals surface area contributed by atoms with Crippen molar-refractivity contribution in [3.63, 3.8) is 0 Å². The van der Waals surface area contributed by atoms with Gasteiger partial charge in [0.05, 0.1) is 22.9 Å². The minimum atomic E-state index is -3.83. The molecular weight excluding hydrogens is 444 g/mol. The lowest BCUT2D eigenvalue weighted by molar-refractivity contribution is -0.384. The van der Waals surface area contributed by atoms with Gasteiger partial charge in [-0.2, -0.15) is 0 Å². The number of rotatable bonds is 8. The molecule has 9 nitrogen and oxygen atoms in total. The molecule has 178 valence electrons. The largest absolute Gasteiger partial charge is 0.372 e. The van der Waals surface area contributed by atoms with Crippen molar-refractivity contribution >= 4 is 33.0 Å². The lowest BCUT2D eigenvalue weighted by Crippen LogP contribution is -2.41. The van der Waals surface area contributed by atoms with Gasteiger partial charge in [0.2, 0.25) is 15.9 Å². The van der Waals surface area contributed by atoms with Crippen molar-refractivity contribution in [1.29, 1.82) is 0 Å². The van der Waals surface area contributed by atoms with Gasteiger partial charge in [-0.15, -0.1) is 0 Å². The fourth-order valence-electron chi connectivity index (χ4n) is 3.90. The Balaban J connectivity index is 1.66. The van der Waals surface area contributed by atoms with Crippen molar-refractivity contribution in [1.82, 2.24) is 5.32 Å². The molecule has 1 fully saturated rings. The molecule has 2 aromatic rings. The predicted octanol–water partition coefficient (Wildman–Crippen LogP) is 3.47. The van der Waals surface area contributed by atoms with E-state index in [9.17, 15) is 23.3 Å². The average molecular weight is 475 g/mol. The van der Waals surface area contributed by atoms with Gasteiger partial charge >= 0.3 is 0 Å². The molecule has 1 atom stereocenters. The SMILES string of the molecule is CC1CCN(c2ccc(C(C)NC(=O)CN(c3cccc([N+](=O)[O-])c3)S(C)(=O)=O)cc2)CC1. The summed E-state index contributed by atoms with van der Waals surface area (Å²) in [6.45, 7) is 5.69. The highest BCUT2D eigenvalue weighted by molar-refractivity contribution is 7.92. The summed E-state index contributed by atoms with van der Waals surface area (Å²) in [7, 11) is -3.83. The molecule has 1 heterocycles. The Kier molecular flexibility index (Phi) is 7.57. The summed E-state index contributed by atoms with van der Waals surface area (Å²) in [6.07, 6.45) is 3.31. The molecule has 0 radical (unpaired) electrons. The van der Waals surface area contributed by atoms with Crippen LogP contribution in [-0.2, 0) is 14.8 Å². The number of piperidine rings is 1. The zero-order valence-corrected chi connectivity index (χ0v) is 19.9. The van der Waals surface area contributed by atoms with Gasteiger partial charge < -0.3 is 10.2 Å². The fourth-order valence-corrected chi connectivity index (χ4v) is 4.75. The van der Waals surface area contributed by atoms with Crippen LogP contribution >= 0.6 is 0 Å². The second-order valence-electron chi connectivity index (χ2n) is 8.60. The quantitative estimate of drug-likeness (QED) is 0.463. The van der Waals surface area contributed by atoms with Gasteiger partial charge in [-0.05, 0) is 49.4 Å². The number of carbonyl (C=O) groups is 1. The summed E-state index contributed by atoms with van der Waals surface area (Å²) in [6, 6.07) is 12.9. The number of sulfonamides is 1. The van der Waals surface area contributed by atoms with Crippen molar-refractivity contribution in [3.8, 4) is 0 Å². The zero-order chi connectivity index (χ0) is 24.2. The van der Waals surface area contributed by atoms with Gasteiger partial charge in [0.1, 0.15) is 6.54 Å². The monoisotopic (exact) mass is 474 g/mol. The van der Waals surface area contributed by atoms with Gasteiger partial charge in [0.25, 0.3) is 5.69 Å². The first-order valence-electron chi connectivity index (χ1n) is 10.9. The molecule has 0 aliphatic carbocycles. The van der Waals surface area contributed by atoms with E-state index < -0.39 is 27.4 Å². The van der Waals surface area contributed by atoms with Crippen molar-refractivity contribution in [2.45, 2.75) is 32.7 Å². The minimum Gasteiger partial charge on any atom is -0.372 e. The van der Waals surface area contributed by atoms with E-state index in [1.54, 1.807) is 0 Å². The Labute approximate surface area is 194 Å². The van der Waals surface area contributed by atoms with Gasteiger partial charge in [0.15, 0.2) is 0 Å². The first-order chi connectivity index (χ1) is 15.5. The number of amides is 1. The molecule has 2 aromatic carbocycles. The second-order valence-corrected chi connectivity index (χ2v) is 10.5. The first kappa shape index (κ1) is 24.5. The number of nitro groups is 1. The molecule has 10 heteroatoms. The molecule has 0 bridgehead atoms. The van der Waals surface area contributed by atoms with Crippen LogP contribution in [0.5, 0.6) is 0 Å². The summed E-state index contributed by atoms with van der Waals surface area (Å²) < 4.78 is 25.4. The maximum atomic E-state index is 12.7. The summed E-state index contributed by atoms with van der Waals surface area (Å²) in [4.78, 5) is 25.5. The van der Waals surface area contributed by atoms with E-state index in [-0.39, 0.29) is 17.4 Å². The van der Waals surface area contributed by atoms with E-state index in [1.807, 2.05) is 31.2 Å². The topological polar surface area (TPSA) is 113 Å². The van der Waals surface area contributed by atoms with Crippen molar-refractivity contribution in [2.75, 3.05) is 35.1 Å². The lowest BCUT2D eigenvalue weighted by atomic mass is 9.98. The average Bonchev–Trinajstić information content (AvgIpc) is 2.77. The van der Waals surface area contributed by atoms with Crippen LogP contribution in [0.3, 0.4) is 0 Å². The number of anilines is 2. The molecule has 1 aliphatic rings. The Morgan fingerprint density at radius 1 is 1.21 bits per heavy atom. The summed E-state index contributed by atoms with van der Waals surface area (Å²) in [5, 5.41) is 13.9. The Bertz CT molecular complexity index is 1100. The lowest BCUT2D eigenvalue weighted by Gasteiger charge is -2.32. The third kappa shape index (κ3) is 6.44. The number of carbonyl (C=O) groups excluding carboxylic acids is 1. The fraction of sp³-hybridized carbons (Fsp3) is 0.435. The van der Waals surface area contributed by atoms with Crippen LogP contribution in [0.15, 0.2) is 48.5 Å². The molecular formula is C23H30N4O5S. The van der Waals surface area contributed by atoms with E-state index in [0.29, 0.717) is 0 Å². The van der Waals surface area contributed by atoms with Crippen molar-refractivity contribution in [3.05, 3.63) is 64.2 Å². The van der Waals surface area contributed by atoms with E-state index in [2.05, 4.69) is 17.1 Å². The smallest absolute Gasteiger partial charge is 0.271 e. The van der Waals surface area contributed by atoms with E-state index in [4.69, 9.17) is 0 Å². The van der Waals surface area contributed by atoms with Gasteiger partial charge in [0, 0.05) is 30.9 Å². The summed E-state index contributed by atoms with van der Waals surface area (Å²) in [5.41, 5.74) is 1.87. The second kappa shape index (κ2) is 10.2. The highest BCUT2D eigenvalue weighted by Gasteiger charge is 2.23. The van der Waals surface area contributed by atoms with Gasteiger partial charge in [-0.3, -0.25) is 19.2 Å². The van der Waals surface area contributed by atoms with Crippen LogP contribution in [0, 0.1) is 16.0 Å². The van der Waals surface area contributed by atoms with Crippen LogP contribution in [0.1, 0.15) is 38.3 Å². The molecule has 3 rings (SSSR count). The molecule has 0 saturated carbocycles. The molecule has 1 saturated heterocycles. The van der Waals surface area contributed by atoms with Crippen molar-refractivity contribution < 1.29 is 18.1 Å².